The first-order valence-corrected chi connectivity index (χ1v) is 15.3. The minimum absolute atomic E-state index is 0.0711. The van der Waals surface area contributed by atoms with E-state index in [-0.39, 0.29) is 42.8 Å². The smallest absolute Gasteiger partial charge is 0.408 e. The summed E-state index contributed by atoms with van der Waals surface area (Å²) in [5.74, 6) is -0.549. The van der Waals surface area contributed by atoms with Crippen molar-refractivity contribution in [2.24, 2.45) is 5.41 Å². The highest BCUT2D eigenvalue weighted by Crippen LogP contribution is 2.56. The van der Waals surface area contributed by atoms with Crippen molar-refractivity contribution in [1.82, 2.24) is 10.2 Å². The first-order valence-electron chi connectivity index (χ1n) is 15.3. The van der Waals surface area contributed by atoms with E-state index >= 15 is 0 Å². The molecule has 13 nitrogen and oxygen atoms in total. The molecule has 1 aliphatic carbocycles. The fourth-order valence-electron chi connectivity index (χ4n) is 5.61. The maximum Gasteiger partial charge on any atom is 0.408 e. The maximum absolute atomic E-state index is 13.8. The number of nitrogens with one attached hydrogen (secondary N) is 1. The number of allylic oxidation sites excluding steroid dienone is 2. The summed E-state index contributed by atoms with van der Waals surface area (Å²) in [6.45, 7) is 11.2. The number of nitro benzene ring substituents is 2. The third-order valence-corrected chi connectivity index (χ3v) is 7.95. The average molecular weight is 649 g/mol. The molecule has 2 fully saturated rings. The number of nitro groups is 2. The van der Waals surface area contributed by atoms with Crippen molar-refractivity contribution >= 4 is 41.3 Å². The van der Waals surface area contributed by atoms with Gasteiger partial charge in [-0.1, -0.05) is 0 Å². The molecule has 250 valence electrons. The van der Waals surface area contributed by atoms with Gasteiger partial charge in [-0.2, -0.15) is 0 Å². The summed E-state index contributed by atoms with van der Waals surface area (Å²) in [7, 11) is 0. The molecular formula is C34H40N4O9. The third-order valence-electron chi connectivity index (χ3n) is 7.95. The van der Waals surface area contributed by atoms with Crippen LogP contribution < -0.4 is 5.32 Å². The number of hydrogen-bond acceptors (Lipinski definition) is 9. The van der Waals surface area contributed by atoms with Crippen LogP contribution in [0.25, 0.3) is 12.2 Å². The van der Waals surface area contributed by atoms with Crippen molar-refractivity contribution < 1.29 is 33.7 Å². The van der Waals surface area contributed by atoms with Gasteiger partial charge in [0.05, 0.1) is 22.1 Å². The lowest BCUT2D eigenvalue weighted by Crippen LogP contribution is -2.57. The van der Waals surface area contributed by atoms with Crippen LogP contribution >= 0.6 is 0 Å². The van der Waals surface area contributed by atoms with Crippen LogP contribution in [0, 0.1) is 25.6 Å². The van der Waals surface area contributed by atoms with Gasteiger partial charge in [0.2, 0.25) is 5.91 Å². The molecule has 1 saturated heterocycles. The molecule has 13 heteroatoms. The Kier molecular flexibility index (Phi) is 10.00. The van der Waals surface area contributed by atoms with Crippen LogP contribution in [0.4, 0.5) is 16.2 Å². The molecule has 2 aliphatic rings. The Labute approximate surface area is 272 Å². The molecule has 0 radical (unpaired) electrons. The number of piperidine rings is 1. The van der Waals surface area contributed by atoms with E-state index in [0.717, 1.165) is 0 Å². The summed E-state index contributed by atoms with van der Waals surface area (Å²) < 4.78 is 11.3. The number of carbonyl (C=O) groups excluding carboxylic acids is 3. The monoisotopic (exact) mass is 648 g/mol. The number of rotatable bonds is 8. The van der Waals surface area contributed by atoms with E-state index in [1.807, 2.05) is 20.8 Å². The van der Waals surface area contributed by atoms with E-state index in [4.69, 9.17) is 9.47 Å². The molecule has 1 unspecified atom stereocenters. The summed E-state index contributed by atoms with van der Waals surface area (Å²) in [5, 5.41) is 24.9. The molecule has 47 heavy (non-hydrogen) atoms. The fourth-order valence-corrected chi connectivity index (χ4v) is 5.61. The summed E-state index contributed by atoms with van der Waals surface area (Å²) in [4.78, 5) is 63.0. The number of benzene rings is 2. The molecule has 2 amide bonds. The first kappa shape index (κ1) is 35.0. The van der Waals surface area contributed by atoms with Crippen LogP contribution in [0.1, 0.15) is 65.5 Å². The molecule has 1 N–H and O–H groups in total. The van der Waals surface area contributed by atoms with Gasteiger partial charge in [0.15, 0.2) is 5.78 Å². The summed E-state index contributed by atoms with van der Waals surface area (Å²) in [6.07, 6.45) is 3.48. The Bertz CT molecular complexity index is 1530. The van der Waals surface area contributed by atoms with Crippen molar-refractivity contribution in [1.29, 1.82) is 0 Å². The van der Waals surface area contributed by atoms with Crippen molar-refractivity contribution in [3.8, 4) is 0 Å². The molecule has 4 rings (SSSR count). The fraction of sp³-hybridized carbons (Fsp3) is 0.441. The number of Topliss-reactive ketones (excluding diaryl/α,β-unsaturated/α-hetero) is 1. The van der Waals surface area contributed by atoms with Gasteiger partial charge >= 0.3 is 6.09 Å². The second kappa shape index (κ2) is 13.4. The van der Waals surface area contributed by atoms with Crippen molar-refractivity contribution in [3.63, 3.8) is 0 Å². The van der Waals surface area contributed by atoms with Crippen molar-refractivity contribution in [2.75, 3.05) is 19.7 Å². The summed E-state index contributed by atoms with van der Waals surface area (Å²) in [5.41, 5.74) is 0.0659. The molecule has 2 aromatic carbocycles. The predicted octanol–water partition coefficient (Wildman–Crippen LogP) is 5.87. The Morgan fingerprint density at radius 3 is 1.68 bits per heavy atom. The van der Waals surface area contributed by atoms with Gasteiger partial charge in [0.1, 0.15) is 11.6 Å². The van der Waals surface area contributed by atoms with E-state index < -0.39 is 38.6 Å². The van der Waals surface area contributed by atoms with Crippen LogP contribution in [-0.4, -0.2) is 69.5 Å². The number of non-ortho nitro benzene ring substituents is 2. The first-order chi connectivity index (χ1) is 21.9. The Morgan fingerprint density at radius 2 is 1.30 bits per heavy atom. The molecule has 0 bridgehead atoms. The number of ketones is 1. The SMILES string of the molecule is CC(C)(C)OCC(NC(=O)OC(C)(C)C)C(=O)N1CCC2(CC1)/C(=C\c1ccc([N+](=O)[O-])cc1)C(=O)/C2=C/c1ccc([N+](=O)[O-])cc1. The van der Waals surface area contributed by atoms with Crippen molar-refractivity contribution in [3.05, 3.63) is 91.0 Å². The van der Waals surface area contributed by atoms with E-state index in [1.165, 1.54) is 24.3 Å². The lowest BCUT2D eigenvalue weighted by Gasteiger charge is -2.51. The number of likely N-dealkylation sites (tertiary alicyclic amines) is 1. The average Bonchev–Trinajstić information content (AvgIpc) is 2.99. The number of ether oxygens (including phenoxy) is 2. The zero-order valence-electron chi connectivity index (χ0n) is 27.4. The molecule has 1 saturated carbocycles. The molecule has 1 atom stereocenters. The highest BCUT2D eigenvalue weighted by Gasteiger charge is 2.55. The molecule has 2 aromatic rings. The quantitative estimate of drug-likeness (QED) is 0.209. The number of nitrogens with zero attached hydrogens (tertiary/aromatic N) is 3. The normalized spacial score (nSPS) is 18.5. The topological polar surface area (TPSA) is 171 Å². The second-order valence-corrected chi connectivity index (χ2v) is 13.7. The summed E-state index contributed by atoms with van der Waals surface area (Å²) in [6, 6.07) is 10.8. The Hall–Kier alpha value is -4.91. The third kappa shape index (κ3) is 8.47. The maximum atomic E-state index is 13.8. The largest absolute Gasteiger partial charge is 0.444 e. The van der Waals surface area contributed by atoms with Crippen LogP contribution in [0.15, 0.2) is 59.7 Å². The zero-order valence-corrected chi connectivity index (χ0v) is 27.4. The molecule has 1 heterocycles. The lowest BCUT2D eigenvalue weighted by atomic mass is 9.54. The van der Waals surface area contributed by atoms with Gasteiger partial charge in [-0.25, -0.2) is 4.79 Å². The van der Waals surface area contributed by atoms with Gasteiger partial charge in [-0.05, 0) is 102 Å². The zero-order chi connectivity index (χ0) is 34.7. The van der Waals surface area contributed by atoms with Crippen LogP contribution in [0.5, 0.6) is 0 Å². The molecule has 1 spiro atoms. The Balaban J connectivity index is 1.62. The van der Waals surface area contributed by atoms with Gasteiger partial charge in [-0.3, -0.25) is 29.8 Å². The van der Waals surface area contributed by atoms with E-state index in [0.29, 0.717) is 35.1 Å². The minimum Gasteiger partial charge on any atom is -0.444 e. The van der Waals surface area contributed by atoms with Gasteiger partial charge in [-0.15, -0.1) is 0 Å². The number of carbonyl (C=O) groups is 3. The number of amides is 2. The van der Waals surface area contributed by atoms with Crippen molar-refractivity contribution in [2.45, 2.75) is 71.6 Å². The van der Waals surface area contributed by atoms with E-state index in [2.05, 4.69) is 5.32 Å². The predicted molar refractivity (Wildman–Crippen MR) is 174 cm³/mol. The van der Waals surface area contributed by atoms with E-state index in [1.54, 1.807) is 62.1 Å². The molecule has 1 aliphatic heterocycles. The number of alkyl carbamates (subject to hydrolysis) is 1. The van der Waals surface area contributed by atoms with Crippen LogP contribution in [0.2, 0.25) is 0 Å². The van der Waals surface area contributed by atoms with Crippen LogP contribution in [-0.2, 0) is 19.1 Å². The van der Waals surface area contributed by atoms with Crippen LogP contribution in [0.3, 0.4) is 0 Å². The highest BCUT2D eigenvalue weighted by atomic mass is 16.6. The lowest BCUT2D eigenvalue weighted by molar-refractivity contribution is -0.385. The minimum atomic E-state index is -1.01. The van der Waals surface area contributed by atoms with Gasteiger partial charge < -0.3 is 19.7 Å². The highest BCUT2D eigenvalue weighted by molar-refractivity contribution is 6.23. The number of hydrogen-bond donors (Lipinski definition) is 1. The standard InChI is InChI=1S/C34H40N4O9/c1-32(2,3)46-21-28(35-31(41)47-33(4,5)6)30(40)36-17-15-34(16-18-36)26(19-22-7-11-24(12-8-22)37(42)43)29(39)27(34)20-23-9-13-25(14-10-23)38(44)45/h7-14,19-20,28H,15-18,21H2,1-6H3,(H,35,41)/b26-19-,27-20-. The van der Waals surface area contributed by atoms with Gasteiger partial charge in [0.25, 0.3) is 11.4 Å². The second-order valence-electron chi connectivity index (χ2n) is 13.7. The van der Waals surface area contributed by atoms with Gasteiger partial charge in [0, 0.05) is 53.9 Å². The Morgan fingerprint density at radius 1 is 0.851 bits per heavy atom. The molecular weight excluding hydrogens is 608 g/mol. The van der Waals surface area contributed by atoms with E-state index in [9.17, 15) is 34.6 Å². The summed E-state index contributed by atoms with van der Waals surface area (Å²) >= 11 is 0. The molecule has 0 aromatic heterocycles.